The van der Waals surface area contributed by atoms with Gasteiger partial charge in [-0.05, 0) is 43.3 Å². The van der Waals surface area contributed by atoms with Crippen LogP contribution >= 0.6 is 0 Å². The van der Waals surface area contributed by atoms with Crippen LogP contribution in [-0.2, 0) is 11.2 Å². The van der Waals surface area contributed by atoms with Crippen molar-refractivity contribution in [1.29, 1.82) is 0 Å². The van der Waals surface area contributed by atoms with Gasteiger partial charge in [0.2, 0.25) is 0 Å². The van der Waals surface area contributed by atoms with E-state index in [1.807, 2.05) is 18.2 Å². The third kappa shape index (κ3) is 2.92. The first-order valence-electron chi connectivity index (χ1n) is 7.38. The first kappa shape index (κ1) is 15.1. The zero-order chi connectivity index (χ0) is 16.4. The lowest BCUT2D eigenvalue weighted by atomic mass is 10.2. The van der Waals surface area contributed by atoms with Gasteiger partial charge in [-0.15, -0.1) is 0 Å². The van der Waals surface area contributed by atoms with Crippen LogP contribution in [0.1, 0.15) is 12.6 Å². The Kier molecular flexibility index (Phi) is 4.06. The van der Waals surface area contributed by atoms with E-state index in [0.717, 1.165) is 5.69 Å². The average molecular weight is 313 g/mol. The smallest absolute Gasteiger partial charge is 0.282 e. The summed E-state index contributed by atoms with van der Waals surface area (Å²) < 4.78 is 13.0. The summed E-state index contributed by atoms with van der Waals surface area (Å²) in [4.78, 5) is 31.7. The number of pyridine rings is 1. The van der Waals surface area contributed by atoms with Crippen LogP contribution in [0.3, 0.4) is 0 Å². The van der Waals surface area contributed by atoms with E-state index >= 15 is 0 Å². The number of carbonyl (C=O) groups is 2. The minimum atomic E-state index is -0.600. The first-order valence-corrected chi connectivity index (χ1v) is 7.38. The molecule has 1 aromatic carbocycles. The number of hydrogen-bond acceptors (Lipinski definition) is 3. The Balaban J connectivity index is 1.76. The van der Waals surface area contributed by atoms with Gasteiger partial charge in [-0.3, -0.25) is 19.6 Å². The minimum absolute atomic E-state index is 0.254. The highest BCUT2D eigenvalue weighted by molar-refractivity contribution is 6.14. The van der Waals surface area contributed by atoms with Crippen molar-refractivity contribution in [2.45, 2.75) is 19.4 Å². The maximum atomic E-state index is 13.0. The third-order valence-electron chi connectivity index (χ3n) is 3.87. The van der Waals surface area contributed by atoms with Crippen molar-refractivity contribution >= 4 is 17.6 Å². The molecule has 5 nitrogen and oxygen atoms in total. The Labute approximate surface area is 133 Å². The number of carbonyl (C=O) groups excluding carboxylic acids is 2. The van der Waals surface area contributed by atoms with Crippen LogP contribution < -0.4 is 4.90 Å². The molecule has 0 spiro atoms. The molecule has 1 aromatic heterocycles. The molecule has 6 heteroatoms. The molecule has 2 heterocycles. The number of hydrogen-bond donors (Lipinski definition) is 0. The lowest BCUT2D eigenvalue weighted by Crippen LogP contribution is -2.35. The standard InChI is InChI=1S/C17H16FN3O2/c1-12-16(22)20(11-9-14-4-2-3-10-19-14)17(23)21(12)15-7-5-13(18)6-8-15/h2-8,10,12H,9,11H2,1H3/t12-/m1/s1. The number of benzene rings is 1. The van der Waals surface area contributed by atoms with Crippen molar-refractivity contribution in [2.24, 2.45) is 0 Å². The first-order chi connectivity index (χ1) is 11.1. The normalized spacial score (nSPS) is 17.9. The van der Waals surface area contributed by atoms with E-state index in [0.29, 0.717) is 12.1 Å². The van der Waals surface area contributed by atoms with Crippen LogP contribution in [0.4, 0.5) is 14.9 Å². The Bertz CT molecular complexity index is 718. The molecule has 3 rings (SSSR count). The van der Waals surface area contributed by atoms with Crippen molar-refractivity contribution in [3.8, 4) is 0 Å². The largest absolute Gasteiger partial charge is 0.331 e. The van der Waals surface area contributed by atoms with E-state index in [1.54, 1.807) is 13.1 Å². The predicted octanol–water partition coefficient (Wildman–Crippen LogP) is 2.62. The van der Waals surface area contributed by atoms with Crippen molar-refractivity contribution in [3.63, 3.8) is 0 Å². The molecule has 1 atom stereocenters. The number of urea groups is 1. The Morgan fingerprint density at radius 1 is 1.13 bits per heavy atom. The summed E-state index contributed by atoms with van der Waals surface area (Å²) in [6.45, 7) is 1.95. The van der Waals surface area contributed by atoms with Gasteiger partial charge in [0.25, 0.3) is 5.91 Å². The summed E-state index contributed by atoms with van der Waals surface area (Å²) in [6.07, 6.45) is 2.18. The fourth-order valence-electron chi connectivity index (χ4n) is 2.64. The van der Waals surface area contributed by atoms with E-state index in [-0.39, 0.29) is 24.3 Å². The molecule has 118 valence electrons. The van der Waals surface area contributed by atoms with Gasteiger partial charge in [0.1, 0.15) is 11.9 Å². The van der Waals surface area contributed by atoms with Gasteiger partial charge < -0.3 is 0 Å². The number of nitrogens with zero attached hydrogens (tertiary/aromatic N) is 3. The highest BCUT2D eigenvalue weighted by Gasteiger charge is 2.42. The topological polar surface area (TPSA) is 53.5 Å². The van der Waals surface area contributed by atoms with Crippen molar-refractivity contribution in [2.75, 3.05) is 11.4 Å². The van der Waals surface area contributed by atoms with Gasteiger partial charge in [-0.25, -0.2) is 9.18 Å². The van der Waals surface area contributed by atoms with Gasteiger partial charge in [-0.1, -0.05) is 6.07 Å². The molecule has 0 saturated carbocycles. The number of rotatable bonds is 4. The zero-order valence-corrected chi connectivity index (χ0v) is 12.6. The summed E-state index contributed by atoms with van der Waals surface area (Å²) in [5.41, 5.74) is 1.33. The zero-order valence-electron chi connectivity index (χ0n) is 12.6. The Morgan fingerprint density at radius 3 is 2.52 bits per heavy atom. The van der Waals surface area contributed by atoms with Crippen LogP contribution in [0.15, 0.2) is 48.7 Å². The van der Waals surface area contributed by atoms with E-state index in [2.05, 4.69) is 4.98 Å². The van der Waals surface area contributed by atoms with E-state index in [4.69, 9.17) is 0 Å². The number of amides is 3. The summed E-state index contributed by atoms with van der Waals surface area (Å²) in [6, 6.07) is 10.1. The summed E-state index contributed by atoms with van der Waals surface area (Å²) in [5.74, 6) is -0.637. The van der Waals surface area contributed by atoms with Crippen LogP contribution in [-0.4, -0.2) is 34.4 Å². The van der Waals surface area contributed by atoms with Crippen LogP contribution in [0.5, 0.6) is 0 Å². The molecule has 0 aliphatic carbocycles. The molecule has 2 aromatic rings. The molecular weight excluding hydrogens is 297 g/mol. The minimum Gasteiger partial charge on any atom is -0.282 e. The van der Waals surface area contributed by atoms with Gasteiger partial charge in [0.15, 0.2) is 0 Å². The van der Waals surface area contributed by atoms with E-state index < -0.39 is 6.04 Å². The second-order valence-corrected chi connectivity index (χ2v) is 5.37. The Hall–Kier alpha value is -2.76. The molecule has 0 unspecified atom stereocenters. The van der Waals surface area contributed by atoms with Crippen LogP contribution in [0.25, 0.3) is 0 Å². The molecule has 0 bridgehead atoms. The molecule has 1 saturated heterocycles. The molecule has 1 aliphatic rings. The van der Waals surface area contributed by atoms with Crippen LogP contribution in [0, 0.1) is 5.82 Å². The number of halogens is 1. The number of anilines is 1. The Morgan fingerprint density at radius 2 is 1.87 bits per heavy atom. The lowest BCUT2D eigenvalue weighted by molar-refractivity contribution is -0.126. The number of imide groups is 1. The number of aromatic nitrogens is 1. The predicted molar refractivity (Wildman–Crippen MR) is 83.4 cm³/mol. The van der Waals surface area contributed by atoms with Crippen molar-refractivity contribution in [3.05, 3.63) is 60.2 Å². The molecular formula is C17H16FN3O2. The lowest BCUT2D eigenvalue weighted by Gasteiger charge is -2.19. The molecule has 3 amide bonds. The second kappa shape index (κ2) is 6.16. The van der Waals surface area contributed by atoms with Crippen molar-refractivity contribution < 1.29 is 14.0 Å². The summed E-state index contributed by atoms with van der Waals surface area (Å²) in [5, 5.41) is 0. The molecule has 0 radical (unpaired) electrons. The maximum absolute atomic E-state index is 13.0. The second-order valence-electron chi connectivity index (χ2n) is 5.37. The summed E-state index contributed by atoms with van der Waals surface area (Å²) in [7, 11) is 0. The fourth-order valence-corrected chi connectivity index (χ4v) is 2.64. The van der Waals surface area contributed by atoms with Gasteiger partial charge >= 0.3 is 6.03 Å². The average Bonchev–Trinajstić information content (AvgIpc) is 2.78. The van der Waals surface area contributed by atoms with Gasteiger partial charge in [-0.2, -0.15) is 0 Å². The maximum Gasteiger partial charge on any atom is 0.331 e. The molecule has 1 fully saturated rings. The fraction of sp³-hybridized carbons (Fsp3) is 0.235. The SMILES string of the molecule is C[C@@H]1C(=O)N(CCc2ccccn2)C(=O)N1c1ccc(F)cc1. The molecule has 23 heavy (non-hydrogen) atoms. The van der Waals surface area contributed by atoms with Gasteiger partial charge in [0.05, 0.1) is 0 Å². The highest BCUT2D eigenvalue weighted by atomic mass is 19.1. The van der Waals surface area contributed by atoms with E-state index in [1.165, 1.54) is 34.1 Å². The van der Waals surface area contributed by atoms with Crippen LogP contribution in [0.2, 0.25) is 0 Å². The highest BCUT2D eigenvalue weighted by Crippen LogP contribution is 2.26. The third-order valence-corrected chi connectivity index (χ3v) is 3.87. The van der Waals surface area contributed by atoms with Gasteiger partial charge in [0, 0.05) is 30.5 Å². The summed E-state index contributed by atoms with van der Waals surface area (Å²) >= 11 is 0. The van der Waals surface area contributed by atoms with Crippen molar-refractivity contribution in [1.82, 2.24) is 9.88 Å². The molecule has 0 N–H and O–H groups in total. The monoisotopic (exact) mass is 313 g/mol. The van der Waals surface area contributed by atoms with E-state index in [9.17, 15) is 14.0 Å². The quantitative estimate of drug-likeness (QED) is 0.815. The molecule has 1 aliphatic heterocycles.